The number of carbonyl (C=O) groups excluding carboxylic acids is 1. The predicted octanol–water partition coefficient (Wildman–Crippen LogP) is 2.83. The lowest BCUT2D eigenvalue weighted by atomic mass is 9.82. The quantitative estimate of drug-likeness (QED) is 0.530. The summed E-state index contributed by atoms with van der Waals surface area (Å²) in [5, 5.41) is 17.3. The van der Waals surface area contributed by atoms with Gasteiger partial charge in [0, 0.05) is 23.4 Å². The molecule has 8 nitrogen and oxygen atoms in total. The van der Waals surface area contributed by atoms with E-state index in [0.29, 0.717) is 34.0 Å². The van der Waals surface area contributed by atoms with Crippen LogP contribution in [0, 0.1) is 0 Å². The summed E-state index contributed by atoms with van der Waals surface area (Å²) >= 11 is 1.20. The van der Waals surface area contributed by atoms with E-state index in [1.807, 2.05) is 0 Å². The van der Waals surface area contributed by atoms with Crippen molar-refractivity contribution in [1.29, 1.82) is 0 Å². The minimum atomic E-state index is -4.39. The molecule has 33 heavy (non-hydrogen) atoms. The first-order valence-electron chi connectivity index (χ1n) is 10.2. The van der Waals surface area contributed by atoms with E-state index < -0.39 is 29.8 Å². The maximum Gasteiger partial charge on any atom is 0.416 e. The normalized spacial score (nSPS) is 26.2. The van der Waals surface area contributed by atoms with Crippen LogP contribution in [0.1, 0.15) is 17.2 Å². The lowest BCUT2D eigenvalue weighted by Crippen LogP contribution is -2.39. The molecule has 0 fully saturated rings. The molecular weight excluding hydrogens is 457 g/mol. The van der Waals surface area contributed by atoms with Gasteiger partial charge < -0.3 is 20.4 Å². The highest BCUT2D eigenvalue weighted by molar-refractivity contribution is 8.13. The van der Waals surface area contributed by atoms with Gasteiger partial charge in [-0.25, -0.2) is 0 Å². The van der Waals surface area contributed by atoms with E-state index in [1.165, 1.54) is 17.8 Å². The first-order valence-corrected chi connectivity index (χ1v) is 11.0. The number of H-pyrrole nitrogens is 1. The summed E-state index contributed by atoms with van der Waals surface area (Å²) < 4.78 is 45.1. The van der Waals surface area contributed by atoms with Gasteiger partial charge in [0.25, 0.3) is 0 Å². The second kappa shape index (κ2) is 7.39. The topological polar surface area (TPSA) is 107 Å². The fraction of sp³-hybridized carbons (Fsp3) is 0.286. The number of hydrogen-bond acceptors (Lipinski definition) is 8. The molecular formula is C21H17F3N6O2S. The van der Waals surface area contributed by atoms with Gasteiger partial charge in [0.15, 0.2) is 16.0 Å². The van der Waals surface area contributed by atoms with E-state index in [9.17, 15) is 18.0 Å². The zero-order valence-electron chi connectivity index (χ0n) is 16.9. The zero-order chi connectivity index (χ0) is 22.7. The molecule has 0 spiro atoms. The van der Waals surface area contributed by atoms with Crippen molar-refractivity contribution in [3.63, 3.8) is 0 Å². The summed E-state index contributed by atoms with van der Waals surface area (Å²) in [4.78, 5) is 17.2. The minimum Gasteiger partial charge on any atom is -0.453 e. The molecule has 0 saturated carbocycles. The number of aliphatic imine (C=N–C) groups is 1. The fourth-order valence-electron chi connectivity index (χ4n) is 4.44. The number of aromatic amines is 1. The van der Waals surface area contributed by atoms with E-state index in [0.717, 1.165) is 23.4 Å². The first-order chi connectivity index (χ1) is 15.9. The number of hydrogen-bond donors (Lipinski definition) is 4. The summed E-state index contributed by atoms with van der Waals surface area (Å²) in [7, 11) is 0. The van der Waals surface area contributed by atoms with Crippen LogP contribution >= 0.6 is 11.8 Å². The van der Waals surface area contributed by atoms with Crippen LogP contribution in [0.2, 0.25) is 0 Å². The first kappa shape index (κ1) is 20.4. The highest BCUT2D eigenvalue weighted by atomic mass is 32.2. The van der Waals surface area contributed by atoms with Crippen molar-refractivity contribution < 1.29 is 22.4 Å². The van der Waals surface area contributed by atoms with Crippen LogP contribution in [0.15, 0.2) is 67.9 Å². The van der Waals surface area contributed by atoms with E-state index in [4.69, 9.17) is 4.42 Å². The van der Waals surface area contributed by atoms with E-state index >= 15 is 0 Å². The van der Waals surface area contributed by atoms with Gasteiger partial charge in [-0.1, -0.05) is 12.2 Å². The lowest BCUT2D eigenvalue weighted by Gasteiger charge is -2.30. The van der Waals surface area contributed by atoms with Crippen LogP contribution in [0.3, 0.4) is 0 Å². The fourth-order valence-corrected chi connectivity index (χ4v) is 5.28. The second-order valence-corrected chi connectivity index (χ2v) is 9.00. The number of fused-ring (bicyclic) bond motifs is 2. The number of rotatable bonds is 2. The van der Waals surface area contributed by atoms with Gasteiger partial charge in [-0.15, -0.1) is 0 Å². The molecule has 3 aliphatic heterocycles. The molecule has 170 valence electrons. The van der Waals surface area contributed by atoms with Crippen molar-refractivity contribution in [2.45, 2.75) is 29.3 Å². The monoisotopic (exact) mass is 474 g/mol. The van der Waals surface area contributed by atoms with Crippen LogP contribution in [0.5, 0.6) is 0 Å². The Labute approximate surface area is 189 Å². The second-order valence-electron chi connectivity index (χ2n) is 8.01. The third-order valence-corrected chi connectivity index (χ3v) is 6.76. The van der Waals surface area contributed by atoms with Crippen LogP contribution in [-0.4, -0.2) is 52.5 Å². The van der Waals surface area contributed by atoms with Gasteiger partial charge in [-0.2, -0.15) is 18.3 Å². The maximum atomic E-state index is 13.0. The molecule has 0 amide bonds. The number of nitrogens with one attached hydrogen (secondary N) is 4. The Morgan fingerprint density at radius 2 is 2.09 bits per heavy atom. The standard InChI is InChI=1S/C21H17F3N6O2S/c22-21(23,24)9-1-2-11-12(5-9)29-20(28-11)33-16-4-3-15(32-16)17-10-6-26-30-19(10)27-13-7-25-8-14(31)18(13)17/h1-6,11-12,17,25H,7-8H2,(H,28,29)(H2,26,27,30). The lowest BCUT2D eigenvalue weighted by molar-refractivity contribution is -0.115. The summed E-state index contributed by atoms with van der Waals surface area (Å²) in [6.07, 6.45) is 0.947. The molecule has 4 N–H and O–H groups in total. The molecule has 12 heteroatoms. The molecule has 3 unspecified atom stereocenters. The summed E-state index contributed by atoms with van der Waals surface area (Å²) in [6.45, 7) is 0.778. The number of halogens is 3. The summed E-state index contributed by atoms with van der Waals surface area (Å²) in [5.74, 6) is 0.877. The highest BCUT2D eigenvalue weighted by Crippen LogP contribution is 2.43. The average molecular weight is 474 g/mol. The highest BCUT2D eigenvalue weighted by Gasteiger charge is 2.39. The van der Waals surface area contributed by atoms with E-state index in [-0.39, 0.29) is 12.3 Å². The molecule has 2 aromatic rings. The van der Waals surface area contributed by atoms with Crippen LogP contribution in [-0.2, 0) is 4.79 Å². The zero-order valence-corrected chi connectivity index (χ0v) is 17.7. The molecule has 0 aromatic carbocycles. The Hall–Kier alpha value is -3.25. The number of alkyl halides is 3. The number of thioether (sulfide) groups is 1. The van der Waals surface area contributed by atoms with Gasteiger partial charge in [-0.3, -0.25) is 14.9 Å². The van der Waals surface area contributed by atoms with Crippen molar-refractivity contribution in [1.82, 2.24) is 20.8 Å². The third-order valence-electron chi connectivity index (χ3n) is 5.92. The smallest absolute Gasteiger partial charge is 0.416 e. The minimum absolute atomic E-state index is 0.0174. The summed E-state index contributed by atoms with van der Waals surface area (Å²) in [6, 6.07) is 2.62. The number of furan rings is 1. The van der Waals surface area contributed by atoms with Crippen molar-refractivity contribution in [3.8, 4) is 0 Å². The maximum absolute atomic E-state index is 13.0. The van der Waals surface area contributed by atoms with E-state index in [2.05, 4.69) is 31.1 Å². The number of amidine groups is 1. The number of Topliss-reactive ketones (excluding diaryl/α,β-unsaturated/α-hetero) is 1. The van der Waals surface area contributed by atoms with Gasteiger partial charge in [-0.05, 0) is 30.0 Å². The van der Waals surface area contributed by atoms with Crippen molar-refractivity contribution in [3.05, 3.63) is 64.7 Å². The number of aromatic nitrogens is 2. The van der Waals surface area contributed by atoms with Gasteiger partial charge in [0.05, 0.1) is 36.3 Å². The number of nitrogens with zero attached hydrogens (tertiary/aromatic N) is 2. The third kappa shape index (κ3) is 3.49. The van der Waals surface area contributed by atoms with Crippen molar-refractivity contribution >= 4 is 28.5 Å². The largest absolute Gasteiger partial charge is 0.453 e. The molecule has 0 saturated heterocycles. The molecule has 0 bridgehead atoms. The Bertz CT molecular complexity index is 1270. The van der Waals surface area contributed by atoms with Crippen molar-refractivity contribution in [2.24, 2.45) is 4.99 Å². The molecule has 2 aromatic heterocycles. The molecule has 4 aliphatic rings. The molecule has 0 radical (unpaired) electrons. The van der Waals surface area contributed by atoms with Crippen molar-refractivity contribution in [2.75, 3.05) is 18.4 Å². The average Bonchev–Trinajstić information content (AvgIpc) is 3.50. The SMILES string of the molecule is O=C1CNCC2=C1C(c1ccc(SC3=NC4C=CC(C(F)(F)F)=CC4N3)o1)c1cn[nH]c1N2. The predicted molar refractivity (Wildman–Crippen MR) is 115 cm³/mol. The van der Waals surface area contributed by atoms with Gasteiger partial charge in [0.1, 0.15) is 11.6 Å². The number of anilines is 1. The van der Waals surface area contributed by atoms with Gasteiger partial charge in [0.2, 0.25) is 0 Å². The summed E-state index contributed by atoms with van der Waals surface area (Å²) in [5.41, 5.74) is 1.55. The Morgan fingerprint density at radius 3 is 2.94 bits per heavy atom. The number of allylic oxidation sites excluding steroid dienone is 2. The van der Waals surface area contributed by atoms with Gasteiger partial charge >= 0.3 is 6.18 Å². The molecule has 1 aliphatic carbocycles. The molecule has 6 rings (SSSR count). The van der Waals surface area contributed by atoms with E-state index in [1.54, 1.807) is 18.3 Å². The Balaban J connectivity index is 1.25. The van der Waals surface area contributed by atoms with Crippen LogP contribution in [0.4, 0.5) is 19.0 Å². The van der Waals surface area contributed by atoms with Crippen LogP contribution < -0.4 is 16.0 Å². The number of ketones is 1. The van der Waals surface area contributed by atoms with Crippen LogP contribution in [0.25, 0.3) is 0 Å². The molecule has 5 heterocycles. The number of carbonyl (C=O) groups is 1. The Morgan fingerprint density at radius 1 is 1.21 bits per heavy atom. The Kier molecular flexibility index (Phi) is 4.56. The molecule has 3 atom stereocenters.